The van der Waals surface area contributed by atoms with Gasteiger partial charge in [-0.1, -0.05) is 23.4 Å². The summed E-state index contributed by atoms with van der Waals surface area (Å²) < 4.78 is 30.1. The van der Waals surface area contributed by atoms with Gasteiger partial charge in [-0.25, -0.2) is 27.9 Å². The molecule has 2 aromatic carbocycles. The fourth-order valence-electron chi connectivity index (χ4n) is 4.30. The molecule has 0 amide bonds. The van der Waals surface area contributed by atoms with Crippen molar-refractivity contribution in [1.29, 1.82) is 0 Å². The van der Waals surface area contributed by atoms with Crippen LogP contribution in [-0.2, 0) is 14.6 Å². The monoisotopic (exact) mass is 492 g/mol. The lowest BCUT2D eigenvalue weighted by Gasteiger charge is -2.32. The highest BCUT2D eigenvalue weighted by molar-refractivity contribution is 7.90. The first-order valence-electron chi connectivity index (χ1n) is 11.1. The van der Waals surface area contributed by atoms with E-state index in [1.54, 1.807) is 24.3 Å². The number of anilines is 1. The Bertz CT molecular complexity index is 1470. The fraction of sp³-hybridized carbons (Fsp3) is 0.292. The smallest absolute Gasteiger partial charge is 0.341 e. The summed E-state index contributed by atoms with van der Waals surface area (Å²) in [4.78, 5) is 22.6. The number of hydrogen-bond acceptors (Lipinski definition) is 9. The van der Waals surface area contributed by atoms with Crippen LogP contribution in [0.15, 0.2) is 59.8 Å². The molecule has 0 radical (unpaired) electrons. The zero-order valence-corrected chi connectivity index (χ0v) is 20.1. The molecule has 4 aromatic rings. The molecule has 0 aliphatic carbocycles. The second-order valence-electron chi connectivity index (χ2n) is 8.52. The summed E-state index contributed by atoms with van der Waals surface area (Å²) in [5.74, 6) is 0.133. The van der Waals surface area contributed by atoms with E-state index in [1.165, 1.54) is 25.8 Å². The predicted molar refractivity (Wildman–Crippen MR) is 130 cm³/mol. The molecule has 10 nitrogen and oxygen atoms in total. The average Bonchev–Trinajstić information content (AvgIpc) is 3.31. The summed E-state index contributed by atoms with van der Waals surface area (Å²) >= 11 is 0. The first-order valence-corrected chi connectivity index (χ1v) is 13.0. The third kappa shape index (κ3) is 4.59. The summed E-state index contributed by atoms with van der Waals surface area (Å²) in [6.45, 7) is 1.52. The number of ether oxygens (including phenoxy) is 1. The fourth-order valence-corrected chi connectivity index (χ4v) is 4.93. The minimum Gasteiger partial charge on any atom is -0.465 e. The third-order valence-corrected chi connectivity index (χ3v) is 7.37. The Balaban J connectivity index is 1.29. The number of nitrogens with zero attached hydrogens (tertiary/aromatic N) is 6. The Morgan fingerprint density at radius 3 is 2.29 bits per heavy atom. The molecular formula is C24H24N6O4S. The lowest BCUT2D eigenvalue weighted by atomic mass is 10.0. The number of esters is 1. The highest BCUT2D eigenvalue weighted by Gasteiger charge is 2.24. The van der Waals surface area contributed by atoms with E-state index in [-0.39, 0.29) is 6.04 Å². The summed E-state index contributed by atoms with van der Waals surface area (Å²) in [5, 5.41) is 8.81. The lowest BCUT2D eigenvalue weighted by molar-refractivity contribution is 0.0599. The van der Waals surface area contributed by atoms with Crippen LogP contribution in [-0.4, -0.2) is 65.8 Å². The molecule has 1 aliphatic rings. The summed E-state index contributed by atoms with van der Waals surface area (Å²) in [7, 11) is -1.90. The molecule has 180 valence electrons. The quantitative estimate of drug-likeness (QED) is 0.387. The van der Waals surface area contributed by atoms with Crippen molar-refractivity contribution in [1.82, 2.24) is 25.0 Å². The summed E-state index contributed by atoms with van der Waals surface area (Å²) in [6.07, 6.45) is 5.88. The molecule has 5 rings (SSSR count). The maximum Gasteiger partial charge on any atom is 0.341 e. The van der Waals surface area contributed by atoms with Crippen LogP contribution in [0.4, 0.5) is 5.95 Å². The zero-order valence-electron chi connectivity index (χ0n) is 19.3. The molecule has 11 heteroatoms. The number of rotatable bonds is 5. The van der Waals surface area contributed by atoms with Gasteiger partial charge in [-0.2, -0.15) is 0 Å². The number of carbonyl (C=O) groups excluding carboxylic acids is 1. The number of methoxy groups -OCH3 is 1. The standard InChI is InChI=1S/C24H24N6O4S/c1-34-23(31)18-14-25-24(26-15-18)29-11-9-19(10-12-29)30-22-8-5-17(13-21(22)27-28-30)16-3-6-20(7-4-16)35(2,32)33/h3-8,13-15,19H,9-12H2,1-2H3. The molecule has 35 heavy (non-hydrogen) atoms. The predicted octanol–water partition coefficient (Wildman–Crippen LogP) is 2.92. The molecule has 1 fully saturated rings. The molecule has 0 saturated carbocycles. The first kappa shape index (κ1) is 22.9. The van der Waals surface area contributed by atoms with Crippen molar-refractivity contribution in [2.45, 2.75) is 23.8 Å². The SMILES string of the molecule is COC(=O)c1cnc(N2CCC(n3nnc4cc(-c5ccc(S(C)(=O)=O)cc5)ccc43)CC2)nc1. The Kier molecular flexibility index (Phi) is 5.93. The lowest BCUT2D eigenvalue weighted by Crippen LogP contribution is -2.36. The highest BCUT2D eigenvalue weighted by atomic mass is 32.2. The first-order chi connectivity index (χ1) is 16.8. The molecule has 2 aromatic heterocycles. The summed E-state index contributed by atoms with van der Waals surface area (Å²) in [5.41, 5.74) is 3.94. The largest absolute Gasteiger partial charge is 0.465 e. The Morgan fingerprint density at radius 1 is 1.00 bits per heavy atom. The molecule has 0 N–H and O–H groups in total. The molecule has 0 spiro atoms. The second kappa shape index (κ2) is 9.06. The molecule has 0 atom stereocenters. The van der Waals surface area contributed by atoms with Gasteiger partial charge in [0.15, 0.2) is 9.84 Å². The van der Waals surface area contributed by atoms with Crippen molar-refractivity contribution in [2.75, 3.05) is 31.4 Å². The molecule has 0 bridgehead atoms. The van der Waals surface area contributed by atoms with E-state index in [0.29, 0.717) is 16.4 Å². The van der Waals surface area contributed by atoms with Gasteiger partial charge in [0.1, 0.15) is 5.52 Å². The number of fused-ring (bicyclic) bond motifs is 1. The van der Waals surface area contributed by atoms with Crippen LogP contribution in [0.2, 0.25) is 0 Å². The number of piperidine rings is 1. The van der Waals surface area contributed by atoms with Crippen molar-refractivity contribution in [2.24, 2.45) is 0 Å². The number of benzene rings is 2. The average molecular weight is 493 g/mol. The third-order valence-electron chi connectivity index (χ3n) is 6.24. The van der Waals surface area contributed by atoms with E-state index in [1.807, 2.05) is 22.9 Å². The van der Waals surface area contributed by atoms with Gasteiger partial charge in [-0.3, -0.25) is 0 Å². The maximum absolute atomic E-state index is 11.7. The van der Waals surface area contributed by atoms with Gasteiger partial charge in [0.05, 0.1) is 29.1 Å². The van der Waals surface area contributed by atoms with Crippen molar-refractivity contribution < 1.29 is 17.9 Å². The highest BCUT2D eigenvalue weighted by Crippen LogP contribution is 2.29. The van der Waals surface area contributed by atoms with Crippen LogP contribution in [0.1, 0.15) is 29.2 Å². The van der Waals surface area contributed by atoms with E-state index in [4.69, 9.17) is 4.74 Å². The van der Waals surface area contributed by atoms with Gasteiger partial charge >= 0.3 is 5.97 Å². The van der Waals surface area contributed by atoms with Gasteiger partial charge in [0.25, 0.3) is 0 Å². The second-order valence-corrected chi connectivity index (χ2v) is 10.5. The molecule has 1 aliphatic heterocycles. The van der Waals surface area contributed by atoms with E-state index >= 15 is 0 Å². The number of carbonyl (C=O) groups is 1. The van der Waals surface area contributed by atoms with E-state index in [9.17, 15) is 13.2 Å². The van der Waals surface area contributed by atoms with Crippen LogP contribution in [0.5, 0.6) is 0 Å². The van der Waals surface area contributed by atoms with Crippen molar-refractivity contribution >= 4 is 32.8 Å². The van der Waals surface area contributed by atoms with Crippen LogP contribution in [0.25, 0.3) is 22.2 Å². The van der Waals surface area contributed by atoms with Crippen molar-refractivity contribution in [3.63, 3.8) is 0 Å². The minimum atomic E-state index is -3.23. The molecule has 0 unspecified atom stereocenters. The number of hydrogen-bond donors (Lipinski definition) is 0. The molecule has 1 saturated heterocycles. The maximum atomic E-state index is 11.7. The van der Waals surface area contributed by atoms with Crippen molar-refractivity contribution in [3.8, 4) is 11.1 Å². The van der Waals surface area contributed by atoms with Crippen LogP contribution < -0.4 is 4.90 Å². The topological polar surface area (TPSA) is 120 Å². The van der Waals surface area contributed by atoms with Crippen LogP contribution >= 0.6 is 0 Å². The number of sulfone groups is 1. The Labute approximate surface area is 202 Å². The van der Waals surface area contributed by atoms with Gasteiger partial charge in [0.2, 0.25) is 5.95 Å². The summed E-state index contributed by atoms with van der Waals surface area (Å²) in [6, 6.07) is 13.0. The molecule has 3 heterocycles. The van der Waals surface area contributed by atoms with Gasteiger partial charge in [0, 0.05) is 31.7 Å². The van der Waals surface area contributed by atoms with Crippen LogP contribution in [0.3, 0.4) is 0 Å². The number of aromatic nitrogens is 5. The van der Waals surface area contributed by atoms with Crippen LogP contribution in [0, 0.1) is 0 Å². The Morgan fingerprint density at radius 2 is 1.66 bits per heavy atom. The minimum absolute atomic E-state index is 0.200. The van der Waals surface area contributed by atoms with E-state index in [0.717, 1.165) is 48.1 Å². The van der Waals surface area contributed by atoms with E-state index < -0.39 is 15.8 Å². The normalized spacial score (nSPS) is 14.9. The zero-order chi connectivity index (χ0) is 24.6. The van der Waals surface area contributed by atoms with Gasteiger partial charge in [-0.15, -0.1) is 5.10 Å². The molecular weight excluding hydrogens is 468 g/mol. The van der Waals surface area contributed by atoms with E-state index in [2.05, 4.69) is 25.2 Å². The van der Waals surface area contributed by atoms with Gasteiger partial charge in [-0.05, 0) is 48.2 Å². The van der Waals surface area contributed by atoms with Crippen molar-refractivity contribution in [3.05, 3.63) is 60.4 Å². The Hall–Kier alpha value is -3.86. The van der Waals surface area contributed by atoms with Gasteiger partial charge < -0.3 is 9.64 Å².